The van der Waals surface area contributed by atoms with Gasteiger partial charge in [-0.05, 0) is 43.8 Å². The second-order valence-corrected chi connectivity index (χ2v) is 4.57. The quantitative estimate of drug-likeness (QED) is 0.611. The molecule has 0 unspecified atom stereocenters. The van der Waals surface area contributed by atoms with E-state index in [9.17, 15) is 0 Å². The van der Waals surface area contributed by atoms with Crippen molar-refractivity contribution in [2.45, 2.75) is 26.5 Å². The lowest BCUT2D eigenvalue weighted by molar-refractivity contribution is 0.242. The highest BCUT2D eigenvalue weighted by molar-refractivity contribution is 7.80. The normalized spacial score (nSPS) is 9.94. The summed E-state index contributed by atoms with van der Waals surface area (Å²) in [6.45, 7) is 9.02. The van der Waals surface area contributed by atoms with Gasteiger partial charge in [0.05, 0.1) is 6.10 Å². The molecule has 0 aliphatic carbocycles. The van der Waals surface area contributed by atoms with Crippen molar-refractivity contribution in [3.8, 4) is 5.75 Å². The summed E-state index contributed by atoms with van der Waals surface area (Å²) in [5, 5.41) is 6.78. The van der Waals surface area contributed by atoms with Gasteiger partial charge in [0.25, 0.3) is 0 Å². The Morgan fingerprint density at radius 2 is 2.00 bits per heavy atom. The predicted molar refractivity (Wildman–Crippen MR) is 79.8 cm³/mol. The molecule has 2 N–H and O–H groups in total. The third-order valence-electron chi connectivity index (χ3n) is 2.16. The molecule has 0 fully saturated rings. The van der Waals surface area contributed by atoms with Crippen molar-refractivity contribution in [1.82, 2.24) is 10.6 Å². The van der Waals surface area contributed by atoms with Crippen molar-refractivity contribution in [3.63, 3.8) is 0 Å². The predicted octanol–water partition coefficient (Wildman–Crippen LogP) is 2.62. The van der Waals surface area contributed by atoms with Crippen molar-refractivity contribution in [1.29, 1.82) is 0 Å². The average molecular weight is 264 g/mol. The van der Waals surface area contributed by atoms with Gasteiger partial charge in [-0.25, -0.2) is 0 Å². The third kappa shape index (κ3) is 5.68. The number of nitrogens with one attached hydrogen (secondary N) is 2. The van der Waals surface area contributed by atoms with E-state index in [4.69, 9.17) is 17.0 Å². The molecule has 0 aromatic heterocycles. The lowest BCUT2D eigenvalue weighted by atomic mass is 10.2. The molecule has 0 aliphatic heterocycles. The van der Waals surface area contributed by atoms with E-state index in [-0.39, 0.29) is 6.10 Å². The van der Waals surface area contributed by atoms with Gasteiger partial charge in [-0.3, -0.25) is 0 Å². The summed E-state index contributed by atoms with van der Waals surface area (Å²) in [6, 6.07) is 8.00. The minimum atomic E-state index is 0.199. The Balaban J connectivity index is 2.39. The first-order chi connectivity index (χ1) is 8.61. The van der Waals surface area contributed by atoms with Gasteiger partial charge >= 0.3 is 0 Å². The van der Waals surface area contributed by atoms with Crippen LogP contribution < -0.4 is 15.4 Å². The zero-order valence-electron chi connectivity index (χ0n) is 10.9. The van der Waals surface area contributed by atoms with E-state index in [0.717, 1.165) is 11.3 Å². The number of rotatable bonds is 6. The van der Waals surface area contributed by atoms with Crippen LogP contribution in [0.1, 0.15) is 19.4 Å². The summed E-state index contributed by atoms with van der Waals surface area (Å²) in [6.07, 6.45) is 1.97. The van der Waals surface area contributed by atoms with Crippen LogP contribution in [0.4, 0.5) is 0 Å². The highest BCUT2D eigenvalue weighted by atomic mass is 32.1. The average Bonchev–Trinajstić information content (AvgIpc) is 2.35. The molecule has 1 aromatic rings. The van der Waals surface area contributed by atoms with E-state index in [1.807, 2.05) is 38.1 Å². The molecule has 0 radical (unpaired) electrons. The maximum absolute atomic E-state index is 5.58. The van der Waals surface area contributed by atoms with Crippen LogP contribution in [-0.4, -0.2) is 17.8 Å². The number of hydrogen-bond acceptors (Lipinski definition) is 2. The van der Waals surface area contributed by atoms with Crippen LogP contribution in [0.2, 0.25) is 0 Å². The van der Waals surface area contributed by atoms with Crippen LogP contribution in [0.3, 0.4) is 0 Å². The summed E-state index contributed by atoms with van der Waals surface area (Å²) < 4.78 is 5.58. The van der Waals surface area contributed by atoms with E-state index in [2.05, 4.69) is 17.2 Å². The summed E-state index contributed by atoms with van der Waals surface area (Å²) >= 11 is 5.11. The molecule has 1 rings (SSSR count). The van der Waals surface area contributed by atoms with E-state index in [1.165, 1.54) is 0 Å². The molecule has 0 aliphatic rings. The number of thiocarbonyl (C=S) groups is 1. The summed E-state index contributed by atoms with van der Waals surface area (Å²) in [5.41, 5.74) is 1.16. The Kier molecular flexibility index (Phi) is 6.22. The number of hydrogen-bond donors (Lipinski definition) is 2. The Hall–Kier alpha value is -1.55. The molecule has 0 bridgehead atoms. The van der Waals surface area contributed by atoms with Crippen molar-refractivity contribution < 1.29 is 4.74 Å². The fourth-order valence-corrected chi connectivity index (χ4v) is 1.52. The zero-order valence-corrected chi connectivity index (χ0v) is 11.7. The Morgan fingerprint density at radius 3 is 2.56 bits per heavy atom. The maximum Gasteiger partial charge on any atom is 0.166 e. The fourth-order valence-electron chi connectivity index (χ4n) is 1.37. The first-order valence-corrected chi connectivity index (χ1v) is 6.41. The standard InChI is InChI=1S/C14H20N2OS/c1-4-9-15-14(18)16-10-12-5-7-13(8-6-12)17-11(2)3/h4-8,11H,1,9-10H2,2-3H3,(H2,15,16,18). The SMILES string of the molecule is C=CCNC(=S)NCc1ccc(OC(C)C)cc1. The topological polar surface area (TPSA) is 33.3 Å². The van der Waals surface area contributed by atoms with Gasteiger partial charge in [0, 0.05) is 13.1 Å². The van der Waals surface area contributed by atoms with Gasteiger partial charge in [-0.2, -0.15) is 0 Å². The molecule has 4 heteroatoms. The molecule has 3 nitrogen and oxygen atoms in total. The molecular formula is C14H20N2OS. The van der Waals surface area contributed by atoms with Gasteiger partial charge in [0.15, 0.2) is 5.11 Å². The summed E-state index contributed by atoms with van der Waals surface area (Å²) in [4.78, 5) is 0. The second-order valence-electron chi connectivity index (χ2n) is 4.16. The zero-order chi connectivity index (χ0) is 13.4. The fraction of sp³-hybridized carbons (Fsp3) is 0.357. The molecule has 1 aromatic carbocycles. The van der Waals surface area contributed by atoms with Gasteiger partial charge in [-0.1, -0.05) is 18.2 Å². The van der Waals surface area contributed by atoms with Crippen molar-refractivity contribution in [3.05, 3.63) is 42.5 Å². The van der Waals surface area contributed by atoms with Crippen LogP contribution in [0.5, 0.6) is 5.75 Å². The third-order valence-corrected chi connectivity index (χ3v) is 2.44. The first-order valence-electron chi connectivity index (χ1n) is 6.00. The lowest BCUT2D eigenvalue weighted by Crippen LogP contribution is -2.34. The molecule has 0 heterocycles. The van der Waals surface area contributed by atoms with Crippen LogP contribution in [0.25, 0.3) is 0 Å². The molecule has 0 atom stereocenters. The van der Waals surface area contributed by atoms with E-state index in [1.54, 1.807) is 6.08 Å². The van der Waals surface area contributed by atoms with Gasteiger partial charge in [0.2, 0.25) is 0 Å². The van der Waals surface area contributed by atoms with E-state index in [0.29, 0.717) is 18.2 Å². The highest BCUT2D eigenvalue weighted by Gasteiger charge is 1.99. The Labute approximate surface area is 114 Å². The monoisotopic (exact) mass is 264 g/mol. The molecule has 18 heavy (non-hydrogen) atoms. The van der Waals surface area contributed by atoms with Gasteiger partial charge < -0.3 is 15.4 Å². The first kappa shape index (κ1) is 14.5. The van der Waals surface area contributed by atoms with Gasteiger partial charge in [0.1, 0.15) is 5.75 Å². The molecular weight excluding hydrogens is 244 g/mol. The van der Waals surface area contributed by atoms with E-state index >= 15 is 0 Å². The van der Waals surface area contributed by atoms with Crippen LogP contribution in [-0.2, 0) is 6.54 Å². The molecule has 0 saturated carbocycles. The number of benzene rings is 1. The smallest absolute Gasteiger partial charge is 0.166 e. The Bertz CT molecular complexity index is 387. The van der Waals surface area contributed by atoms with Crippen molar-refractivity contribution in [2.24, 2.45) is 0 Å². The van der Waals surface area contributed by atoms with Crippen LogP contribution >= 0.6 is 12.2 Å². The molecule has 0 saturated heterocycles. The lowest BCUT2D eigenvalue weighted by Gasteiger charge is -2.11. The minimum Gasteiger partial charge on any atom is -0.491 e. The maximum atomic E-state index is 5.58. The van der Waals surface area contributed by atoms with Crippen LogP contribution in [0.15, 0.2) is 36.9 Å². The molecule has 0 spiro atoms. The largest absolute Gasteiger partial charge is 0.491 e. The van der Waals surface area contributed by atoms with Crippen molar-refractivity contribution in [2.75, 3.05) is 6.54 Å². The summed E-state index contributed by atoms with van der Waals surface area (Å²) in [7, 11) is 0. The Morgan fingerprint density at radius 1 is 1.33 bits per heavy atom. The van der Waals surface area contributed by atoms with Crippen molar-refractivity contribution >= 4 is 17.3 Å². The summed E-state index contributed by atoms with van der Waals surface area (Å²) in [5.74, 6) is 0.890. The van der Waals surface area contributed by atoms with Gasteiger partial charge in [-0.15, -0.1) is 6.58 Å². The second kappa shape index (κ2) is 7.71. The van der Waals surface area contributed by atoms with E-state index < -0.39 is 0 Å². The minimum absolute atomic E-state index is 0.199. The molecule has 98 valence electrons. The van der Waals surface area contributed by atoms with Crippen LogP contribution in [0, 0.1) is 0 Å². The highest BCUT2D eigenvalue weighted by Crippen LogP contribution is 2.13. The number of ether oxygens (including phenoxy) is 1. The molecule has 0 amide bonds.